The van der Waals surface area contributed by atoms with E-state index in [4.69, 9.17) is 9.26 Å². The Balaban J connectivity index is 2.14. The summed E-state index contributed by atoms with van der Waals surface area (Å²) in [5, 5.41) is 5.49. The maximum Gasteiger partial charge on any atom is 0.307 e. The van der Waals surface area contributed by atoms with Crippen LogP contribution < -0.4 is 4.87 Å². The quantitative estimate of drug-likeness (QED) is 0.800. The molecule has 0 aliphatic heterocycles. The van der Waals surface area contributed by atoms with Crippen LogP contribution in [0.5, 0.6) is 0 Å². The molecule has 0 amide bonds. The Bertz CT molecular complexity index is 516. The zero-order chi connectivity index (χ0) is 11.5. The average Bonchev–Trinajstić information content (AvgIpc) is 2.89. The summed E-state index contributed by atoms with van der Waals surface area (Å²) in [7, 11) is 1.57. The molecule has 0 spiro atoms. The van der Waals surface area contributed by atoms with E-state index >= 15 is 0 Å². The van der Waals surface area contributed by atoms with Gasteiger partial charge in [0.25, 0.3) is 0 Å². The Morgan fingerprint density at radius 3 is 3.12 bits per heavy atom. The maximum absolute atomic E-state index is 11.3. The number of ether oxygens (including phenoxy) is 1. The first kappa shape index (κ1) is 11.0. The molecule has 0 fully saturated rings. The molecular formula is C9H11N3O3S. The van der Waals surface area contributed by atoms with Crippen LogP contribution >= 0.6 is 11.3 Å². The van der Waals surface area contributed by atoms with Gasteiger partial charge in [-0.3, -0.25) is 9.36 Å². The second-order valence-electron chi connectivity index (χ2n) is 3.22. The van der Waals surface area contributed by atoms with E-state index in [2.05, 4.69) is 10.1 Å². The van der Waals surface area contributed by atoms with E-state index in [9.17, 15) is 4.79 Å². The van der Waals surface area contributed by atoms with Gasteiger partial charge in [0, 0.05) is 18.7 Å². The van der Waals surface area contributed by atoms with Crippen molar-refractivity contribution in [2.75, 3.05) is 7.11 Å². The number of hydrogen-bond acceptors (Lipinski definition) is 6. The molecule has 2 aromatic rings. The highest BCUT2D eigenvalue weighted by atomic mass is 32.1. The first-order chi connectivity index (χ1) is 7.70. The van der Waals surface area contributed by atoms with Crippen molar-refractivity contribution < 1.29 is 9.26 Å². The Hall–Kier alpha value is -1.47. The molecule has 6 nitrogen and oxygen atoms in total. The van der Waals surface area contributed by atoms with Crippen molar-refractivity contribution in [3.8, 4) is 0 Å². The van der Waals surface area contributed by atoms with E-state index in [1.165, 1.54) is 4.57 Å². The van der Waals surface area contributed by atoms with E-state index in [0.717, 1.165) is 11.3 Å². The summed E-state index contributed by atoms with van der Waals surface area (Å²) in [5.41, 5.74) is 0. The van der Waals surface area contributed by atoms with Crippen LogP contribution in [0, 0.1) is 0 Å². The van der Waals surface area contributed by atoms with E-state index in [-0.39, 0.29) is 11.0 Å². The van der Waals surface area contributed by atoms with Gasteiger partial charge in [-0.25, -0.2) is 0 Å². The summed E-state index contributed by atoms with van der Waals surface area (Å²) in [6, 6.07) is 0. The van der Waals surface area contributed by atoms with Crippen molar-refractivity contribution in [1.29, 1.82) is 0 Å². The van der Waals surface area contributed by atoms with Crippen LogP contribution in [0.15, 0.2) is 20.9 Å². The molecule has 1 unspecified atom stereocenters. The van der Waals surface area contributed by atoms with Crippen molar-refractivity contribution in [1.82, 2.24) is 14.7 Å². The van der Waals surface area contributed by atoms with Gasteiger partial charge >= 0.3 is 4.87 Å². The SMILES string of the molecule is COC(C)c1noc(Cn2ccsc2=O)n1. The van der Waals surface area contributed by atoms with Crippen LogP contribution in [-0.2, 0) is 11.3 Å². The molecule has 86 valence electrons. The van der Waals surface area contributed by atoms with Gasteiger partial charge in [0.2, 0.25) is 5.89 Å². The smallest absolute Gasteiger partial charge is 0.307 e. The number of thiazole rings is 1. The van der Waals surface area contributed by atoms with E-state index in [1.54, 1.807) is 18.7 Å². The van der Waals surface area contributed by atoms with Crippen molar-refractivity contribution in [2.45, 2.75) is 19.6 Å². The minimum atomic E-state index is -0.211. The molecule has 16 heavy (non-hydrogen) atoms. The third-order valence-electron chi connectivity index (χ3n) is 2.15. The fourth-order valence-electron chi connectivity index (χ4n) is 1.16. The van der Waals surface area contributed by atoms with Crippen molar-refractivity contribution in [3.05, 3.63) is 33.0 Å². The van der Waals surface area contributed by atoms with Crippen LogP contribution in [0.2, 0.25) is 0 Å². The molecule has 2 rings (SSSR count). The summed E-state index contributed by atoms with van der Waals surface area (Å²) in [5.74, 6) is 0.889. The summed E-state index contributed by atoms with van der Waals surface area (Å²) in [4.78, 5) is 15.4. The van der Waals surface area contributed by atoms with Crippen LogP contribution in [0.3, 0.4) is 0 Å². The Morgan fingerprint density at radius 1 is 1.69 bits per heavy atom. The number of aromatic nitrogens is 3. The lowest BCUT2D eigenvalue weighted by Gasteiger charge is -2.00. The lowest BCUT2D eigenvalue weighted by atomic mass is 10.4. The maximum atomic E-state index is 11.3. The van der Waals surface area contributed by atoms with Gasteiger partial charge in [0.15, 0.2) is 5.82 Å². The first-order valence-electron chi connectivity index (χ1n) is 4.70. The fraction of sp³-hybridized carbons (Fsp3) is 0.444. The van der Waals surface area contributed by atoms with Crippen LogP contribution in [0.1, 0.15) is 24.7 Å². The van der Waals surface area contributed by atoms with E-state index in [1.807, 2.05) is 6.92 Å². The molecule has 0 saturated heterocycles. The Labute approximate surface area is 95.5 Å². The zero-order valence-corrected chi connectivity index (χ0v) is 9.73. The molecule has 0 saturated carbocycles. The number of hydrogen-bond donors (Lipinski definition) is 0. The van der Waals surface area contributed by atoms with Gasteiger partial charge in [0.1, 0.15) is 12.6 Å². The third-order valence-corrected chi connectivity index (χ3v) is 2.84. The van der Waals surface area contributed by atoms with Gasteiger partial charge in [-0.2, -0.15) is 4.98 Å². The van der Waals surface area contributed by atoms with Crippen molar-refractivity contribution in [2.24, 2.45) is 0 Å². The number of methoxy groups -OCH3 is 1. The highest BCUT2D eigenvalue weighted by Gasteiger charge is 2.13. The molecule has 1 atom stereocenters. The summed E-state index contributed by atoms with van der Waals surface area (Å²) in [6.45, 7) is 2.12. The molecule has 0 aliphatic carbocycles. The third kappa shape index (κ3) is 2.20. The minimum Gasteiger partial charge on any atom is -0.374 e. The normalized spacial score (nSPS) is 12.9. The molecule has 7 heteroatoms. The topological polar surface area (TPSA) is 70.2 Å². The lowest BCUT2D eigenvalue weighted by Crippen LogP contribution is -2.12. The predicted molar refractivity (Wildman–Crippen MR) is 57.4 cm³/mol. The largest absolute Gasteiger partial charge is 0.374 e. The molecule has 0 radical (unpaired) electrons. The molecule has 0 bridgehead atoms. The van der Waals surface area contributed by atoms with Gasteiger partial charge in [-0.05, 0) is 6.92 Å². The Kier molecular flexibility index (Phi) is 3.16. The predicted octanol–water partition coefficient (Wildman–Crippen LogP) is 1.05. The van der Waals surface area contributed by atoms with E-state index in [0.29, 0.717) is 18.3 Å². The van der Waals surface area contributed by atoms with Gasteiger partial charge in [-0.15, -0.1) is 0 Å². The molecule has 2 aromatic heterocycles. The Morgan fingerprint density at radius 2 is 2.50 bits per heavy atom. The fourth-order valence-corrected chi connectivity index (χ4v) is 1.74. The van der Waals surface area contributed by atoms with Crippen LogP contribution in [-0.4, -0.2) is 21.8 Å². The monoisotopic (exact) mass is 241 g/mol. The van der Waals surface area contributed by atoms with Crippen molar-refractivity contribution >= 4 is 11.3 Å². The average molecular weight is 241 g/mol. The standard InChI is InChI=1S/C9H11N3O3S/c1-6(14-2)8-10-7(15-11-8)5-12-3-4-16-9(12)13/h3-4,6H,5H2,1-2H3. The van der Waals surface area contributed by atoms with Crippen molar-refractivity contribution in [3.63, 3.8) is 0 Å². The molecule has 0 N–H and O–H groups in total. The molecular weight excluding hydrogens is 230 g/mol. The summed E-state index contributed by atoms with van der Waals surface area (Å²) < 4.78 is 11.6. The highest BCUT2D eigenvalue weighted by molar-refractivity contribution is 7.07. The first-order valence-corrected chi connectivity index (χ1v) is 5.58. The summed E-state index contributed by atoms with van der Waals surface area (Å²) >= 11 is 1.13. The van der Waals surface area contributed by atoms with E-state index < -0.39 is 0 Å². The molecule has 2 heterocycles. The molecule has 0 aromatic carbocycles. The number of rotatable bonds is 4. The van der Waals surface area contributed by atoms with Gasteiger partial charge < -0.3 is 9.26 Å². The summed E-state index contributed by atoms with van der Waals surface area (Å²) in [6.07, 6.45) is 1.48. The van der Waals surface area contributed by atoms with Crippen LogP contribution in [0.4, 0.5) is 0 Å². The van der Waals surface area contributed by atoms with Gasteiger partial charge in [0.05, 0.1) is 0 Å². The number of nitrogens with zero attached hydrogens (tertiary/aromatic N) is 3. The second kappa shape index (κ2) is 4.58. The van der Waals surface area contributed by atoms with Gasteiger partial charge in [-0.1, -0.05) is 16.5 Å². The van der Waals surface area contributed by atoms with Crippen LogP contribution in [0.25, 0.3) is 0 Å². The lowest BCUT2D eigenvalue weighted by molar-refractivity contribution is 0.109. The highest BCUT2D eigenvalue weighted by Crippen LogP contribution is 2.11. The molecule has 0 aliphatic rings. The minimum absolute atomic E-state index is 0.0421. The zero-order valence-electron chi connectivity index (χ0n) is 8.91. The second-order valence-corrected chi connectivity index (χ2v) is 4.08.